The number of H-pyrrole nitrogens is 1. The molecule has 2 N–H and O–H groups in total. The van der Waals surface area contributed by atoms with Crippen LogP contribution in [0.4, 0.5) is 5.69 Å². The van der Waals surface area contributed by atoms with Gasteiger partial charge in [0, 0.05) is 18.8 Å². The van der Waals surface area contributed by atoms with Crippen LogP contribution in [-0.4, -0.2) is 52.2 Å². The third kappa shape index (κ3) is 4.59. The SMILES string of the molecule is C[C@H](Sc1n[nH]c(-c2cccs2)n1)C(=O)Nc1ccc(S(=O)(=O)N2CCCC2)cc1. The van der Waals surface area contributed by atoms with E-state index >= 15 is 0 Å². The lowest BCUT2D eigenvalue weighted by Gasteiger charge is -2.16. The molecule has 2 aromatic heterocycles. The summed E-state index contributed by atoms with van der Waals surface area (Å²) in [6, 6.07) is 10.2. The van der Waals surface area contributed by atoms with E-state index < -0.39 is 15.3 Å². The Labute approximate surface area is 183 Å². The van der Waals surface area contributed by atoms with E-state index in [1.807, 2.05) is 17.5 Å². The molecule has 1 atom stereocenters. The first-order valence-electron chi connectivity index (χ1n) is 9.47. The maximum absolute atomic E-state index is 12.6. The van der Waals surface area contributed by atoms with Gasteiger partial charge in [0.25, 0.3) is 0 Å². The van der Waals surface area contributed by atoms with E-state index in [-0.39, 0.29) is 10.8 Å². The maximum Gasteiger partial charge on any atom is 0.243 e. The number of anilines is 1. The summed E-state index contributed by atoms with van der Waals surface area (Å²) in [5.74, 6) is 0.465. The van der Waals surface area contributed by atoms with E-state index in [0.717, 1.165) is 17.7 Å². The summed E-state index contributed by atoms with van der Waals surface area (Å²) < 4.78 is 26.7. The number of amides is 1. The molecule has 8 nitrogen and oxygen atoms in total. The number of aromatic nitrogens is 3. The van der Waals surface area contributed by atoms with Gasteiger partial charge in [0.1, 0.15) is 0 Å². The number of hydrogen-bond donors (Lipinski definition) is 2. The molecular weight excluding hydrogens is 442 g/mol. The largest absolute Gasteiger partial charge is 0.325 e. The molecule has 11 heteroatoms. The van der Waals surface area contributed by atoms with Crippen molar-refractivity contribution in [3.8, 4) is 10.7 Å². The zero-order valence-electron chi connectivity index (χ0n) is 16.2. The van der Waals surface area contributed by atoms with Gasteiger partial charge in [-0.05, 0) is 55.5 Å². The molecule has 1 amide bonds. The van der Waals surface area contributed by atoms with Crippen LogP contribution in [0.15, 0.2) is 51.8 Å². The van der Waals surface area contributed by atoms with Crippen molar-refractivity contribution in [1.82, 2.24) is 19.5 Å². The van der Waals surface area contributed by atoms with Gasteiger partial charge >= 0.3 is 0 Å². The van der Waals surface area contributed by atoms with Crippen LogP contribution in [0.1, 0.15) is 19.8 Å². The minimum Gasteiger partial charge on any atom is -0.325 e. The van der Waals surface area contributed by atoms with Gasteiger partial charge in [0.05, 0.1) is 15.0 Å². The first-order chi connectivity index (χ1) is 14.4. The van der Waals surface area contributed by atoms with Crippen LogP contribution in [0.25, 0.3) is 10.7 Å². The fourth-order valence-corrected chi connectivity index (χ4v) is 5.97. The number of carbonyl (C=O) groups is 1. The number of nitrogens with zero attached hydrogens (tertiary/aromatic N) is 3. The molecule has 0 radical (unpaired) electrons. The van der Waals surface area contributed by atoms with E-state index in [1.54, 1.807) is 30.4 Å². The van der Waals surface area contributed by atoms with E-state index in [1.165, 1.54) is 28.2 Å². The van der Waals surface area contributed by atoms with Gasteiger partial charge in [-0.3, -0.25) is 9.89 Å². The van der Waals surface area contributed by atoms with Gasteiger partial charge < -0.3 is 5.32 Å². The molecule has 3 aromatic rings. The highest BCUT2D eigenvalue weighted by Gasteiger charge is 2.27. The summed E-state index contributed by atoms with van der Waals surface area (Å²) in [7, 11) is -3.46. The third-order valence-electron chi connectivity index (χ3n) is 4.70. The van der Waals surface area contributed by atoms with E-state index in [2.05, 4.69) is 20.5 Å². The Morgan fingerprint density at radius 3 is 2.63 bits per heavy atom. The van der Waals surface area contributed by atoms with Crippen molar-refractivity contribution >= 4 is 44.7 Å². The highest BCUT2D eigenvalue weighted by Crippen LogP contribution is 2.26. The normalized spacial score (nSPS) is 15.9. The van der Waals surface area contributed by atoms with Crippen molar-refractivity contribution in [3.63, 3.8) is 0 Å². The van der Waals surface area contributed by atoms with Crippen LogP contribution in [-0.2, 0) is 14.8 Å². The highest BCUT2D eigenvalue weighted by atomic mass is 32.2. The molecule has 0 saturated carbocycles. The Kier molecular flexibility index (Phi) is 6.23. The zero-order chi connectivity index (χ0) is 21.1. The van der Waals surface area contributed by atoms with E-state index in [9.17, 15) is 13.2 Å². The quantitative estimate of drug-likeness (QED) is 0.520. The van der Waals surface area contributed by atoms with Crippen molar-refractivity contribution in [2.75, 3.05) is 18.4 Å². The van der Waals surface area contributed by atoms with E-state index in [4.69, 9.17) is 0 Å². The topological polar surface area (TPSA) is 108 Å². The average molecular weight is 464 g/mol. The summed E-state index contributed by atoms with van der Waals surface area (Å²) in [5, 5.41) is 11.9. The lowest BCUT2D eigenvalue weighted by atomic mass is 10.3. The predicted molar refractivity (Wildman–Crippen MR) is 118 cm³/mol. The molecule has 1 aromatic carbocycles. The van der Waals surface area contributed by atoms with Crippen LogP contribution >= 0.6 is 23.1 Å². The molecule has 30 heavy (non-hydrogen) atoms. The first-order valence-corrected chi connectivity index (χ1v) is 12.7. The molecule has 3 heterocycles. The molecule has 0 aliphatic carbocycles. The smallest absolute Gasteiger partial charge is 0.243 e. The number of aromatic amines is 1. The molecule has 0 bridgehead atoms. The number of sulfonamides is 1. The summed E-state index contributed by atoms with van der Waals surface area (Å²) in [4.78, 5) is 18.2. The predicted octanol–water partition coefficient (Wildman–Crippen LogP) is 3.44. The Morgan fingerprint density at radius 1 is 1.23 bits per heavy atom. The molecule has 1 aliphatic heterocycles. The molecule has 1 saturated heterocycles. The summed E-state index contributed by atoms with van der Waals surface area (Å²) >= 11 is 2.81. The number of thiophene rings is 1. The van der Waals surface area contributed by atoms with Crippen LogP contribution in [0.2, 0.25) is 0 Å². The Balaban J connectivity index is 1.36. The number of carbonyl (C=O) groups excluding carboxylic acids is 1. The Bertz CT molecular complexity index is 1100. The van der Waals surface area contributed by atoms with Gasteiger partial charge in [-0.2, -0.15) is 4.31 Å². The van der Waals surface area contributed by atoms with Crippen LogP contribution in [0.5, 0.6) is 0 Å². The summed E-state index contributed by atoms with van der Waals surface area (Å²) in [6.07, 6.45) is 1.78. The van der Waals surface area contributed by atoms with Crippen molar-refractivity contribution in [1.29, 1.82) is 0 Å². The van der Waals surface area contributed by atoms with Crippen molar-refractivity contribution in [3.05, 3.63) is 41.8 Å². The monoisotopic (exact) mass is 463 g/mol. The minimum absolute atomic E-state index is 0.211. The first kappa shape index (κ1) is 21.0. The zero-order valence-corrected chi connectivity index (χ0v) is 18.7. The van der Waals surface area contributed by atoms with Gasteiger partial charge in [0.2, 0.25) is 21.1 Å². The van der Waals surface area contributed by atoms with Gasteiger partial charge in [-0.15, -0.1) is 16.4 Å². The molecule has 0 spiro atoms. The molecule has 0 unspecified atom stereocenters. The van der Waals surface area contributed by atoms with Crippen LogP contribution < -0.4 is 5.32 Å². The standard InChI is InChI=1S/C19H21N5O3S3/c1-13(29-19-21-17(22-23-19)16-5-4-12-28-16)18(25)20-14-6-8-15(9-7-14)30(26,27)24-10-2-3-11-24/h4-9,12-13H,2-3,10-11H2,1H3,(H,20,25)(H,21,22,23)/t13-/m0/s1. The molecule has 1 aliphatic rings. The summed E-state index contributed by atoms with van der Waals surface area (Å²) in [6.45, 7) is 2.89. The third-order valence-corrected chi connectivity index (χ3v) is 8.45. The van der Waals surface area contributed by atoms with Gasteiger partial charge in [0.15, 0.2) is 5.82 Å². The number of thioether (sulfide) groups is 1. The van der Waals surface area contributed by atoms with E-state index in [0.29, 0.717) is 29.8 Å². The molecular formula is C19H21N5O3S3. The number of benzene rings is 1. The molecule has 1 fully saturated rings. The second-order valence-electron chi connectivity index (χ2n) is 6.83. The van der Waals surface area contributed by atoms with Gasteiger partial charge in [-0.1, -0.05) is 17.8 Å². The fourth-order valence-electron chi connectivity index (χ4n) is 3.07. The second-order valence-corrected chi connectivity index (χ2v) is 11.0. The lowest BCUT2D eigenvalue weighted by Crippen LogP contribution is -2.27. The van der Waals surface area contributed by atoms with Crippen LogP contribution in [0.3, 0.4) is 0 Å². The number of rotatable bonds is 7. The average Bonchev–Trinajstić information content (AvgIpc) is 3.49. The highest BCUT2D eigenvalue weighted by molar-refractivity contribution is 8.00. The number of hydrogen-bond acceptors (Lipinski definition) is 7. The van der Waals surface area contributed by atoms with Crippen molar-refractivity contribution in [2.45, 2.75) is 35.1 Å². The number of nitrogens with one attached hydrogen (secondary N) is 2. The molecule has 158 valence electrons. The van der Waals surface area contributed by atoms with Crippen LogP contribution in [0, 0.1) is 0 Å². The Hall–Kier alpha value is -2.21. The maximum atomic E-state index is 12.6. The lowest BCUT2D eigenvalue weighted by molar-refractivity contribution is -0.115. The minimum atomic E-state index is -3.46. The second kappa shape index (κ2) is 8.88. The Morgan fingerprint density at radius 2 is 1.97 bits per heavy atom. The molecule has 4 rings (SSSR count). The van der Waals surface area contributed by atoms with Crippen molar-refractivity contribution < 1.29 is 13.2 Å². The summed E-state index contributed by atoms with van der Waals surface area (Å²) in [5.41, 5.74) is 0.544. The van der Waals surface area contributed by atoms with Crippen molar-refractivity contribution in [2.24, 2.45) is 0 Å². The fraction of sp³-hybridized carbons (Fsp3) is 0.316. The van der Waals surface area contributed by atoms with Gasteiger partial charge in [-0.25, -0.2) is 13.4 Å².